The van der Waals surface area contributed by atoms with Crippen LogP contribution in [0.4, 0.5) is 0 Å². The monoisotopic (exact) mass is 332 g/mol. The fourth-order valence-electron chi connectivity index (χ4n) is 4.33. The fraction of sp³-hybridized carbons (Fsp3) is 0.737. The van der Waals surface area contributed by atoms with E-state index in [4.69, 9.17) is 9.15 Å². The molecule has 0 aromatic carbocycles. The highest BCUT2D eigenvalue weighted by Gasteiger charge is 2.44. The summed E-state index contributed by atoms with van der Waals surface area (Å²) in [6, 6.07) is 2.29. The fourth-order valence-corrected chi connectivity index (χ4v) is 4.33. The second kappa shape index (κ2) is 6.52. The minimum atomic E-state index is 0.106. The number of hydrogen-bond donors (Lipinski definition) is 0. The van der Waals surface area contributed by atoms with E-state index in [0.717, 1.165) is 51.6 Å². The molecule has 2 aliphatic heterocycles. The number of furan rings is 1. The molecule has 1 atom stereocenters. The van der Waals surface area contributed by atoms with Gasteiger partial charge in [-0.2, -0.15) is 0 Å². The van der Waals surface area contributed by atoms with Crippen molar-refractivity contribution in [1.82, 2.24) is 9.80 Å². The van der Waals surface area contributed by atoms with Crippen LogP contribution in [0.2, 0.25) is 0 Å². The first-order chi connectivity index (χ1) is 11.7. The Labute approximate surface area is 143 Å². The summed E-state index contributed by atoms with van der Waals surface area (Å²) in [5, 5.41) is 0. The van der Waals surface area contributed by atoms with Gasteiger partial charge in [0.2, 0.25) is 0 Å². The summed E-state index contributed by atoms with van der Waals surface area (Å²) in [6.07, 6.45) is 9.22. The SMILES string of the molecule is CN1CC2(CCN(C(=O)c3ccoc3)CC2)C[C@H]1COCC1CC1. The topological polar surface area (TPSA) is 45.9 Å². The molecule has 1 aromatic heterocycles. The number of rotatable bonds is 5. The maximum Gasteiger partial charge on any atom is 0.257 e. The third kappa shape index (κ3) is 3.38. The van der Waals surface area contributed by atoms with Crippen LogP contribution in [-0.4, -0.2) is 61.6 Å². The van der Waals surface area contributed by atoms with E-state index in [0.29, 0.717) is 17.0 Å². The van der Waals surface area contributed by atoms with Crippen LogP contribution in [0.5, 0.6) is 0 Å². The van der Waals surface area contributed by atoms with E-state index in [-0.39, 0.29) is 5.91 Å². The van der Waals surface area contributed by atoms with Gasteiger partial charge in [-0.3, -0.25) is 4.79 Å². The highest BCUT2D eigenvalue weighted by molar-refractivity contribution is 5.93. The molecule has 0 bridgehead atoms. The molecular formula is C19H28N2O3. The molecule has 2 saturated heterocycles. The van der Waals surface area contributed by atoms with Gasteiger partial charge in [-0.05, 0) is 56.6 Å². The van der Waals surface area contributed by atoms with Gasteiger partial charge in [0, 0.05) is 32.3 Å². The maximum absolute atomic E-state index is 12.4. The lowest BCUT2D eigenvalue weighted by atomic mass is 9.76. The summed E-state index contributed by atoms with van der Waals surface area (Å²) < 4.78 is 11.0. The van der Waals surface area contributed by atoms with E-state index in [2.05, 4.69) is 11.9 Å². The van der Waals surface area contributed by atoms with Crippen LogP contribution >= 0.6 is 0 Å². The zero-order valence-corrected chi connectivity index (χ0v) is 14.6. The molecule has 1 amide bonds. The quantitative estimate of drug-likeness (QED) is 0.831. The highest BCUT2D eigenvalue weighted by Crippen LogP contribution is 2.43. The maximum atomic E-state index is 12.4. The van der Waals surface area contributed by atoms with Crippen molar-refractivity contribution in [2.24, 2.45) is 11.3 Å². The van der Waals surface area contributed by atoms with Crippen LogP contribution in [-0.2, 0) is 4.74 Å². The summed E-state index contributed by atoms with van der Waals surface area (Å²) in [7, 11) is 2.23. The molecule has 5 heteroatoms. The third-order valence-corrected chi connectivity index (χ3v) is 6.12. The van der Waals surface area contributed by atoms with Crippen molar-refractivity contribution < 1.29 is 13.9 Å². The van der Waals surface area contributed by atoms with Crippen LogP contribution in [0.25, 0.3) is 0 Å². The number of carbonyl (C=O) groups is 1. The van der Waals surface area contributed by atoms with E-state index in [1.165, 1.54) is 19.3 Å². The molecular weight excluding hydrogens is 304 g/mol. The van der Waals surface area contributed by atoms with Crippen LogP contribution in [0.1, 0.15) is 42.5 Å². The highest BCUT2D eigenvalue weighted by atomic mass is 16.5. The van der Waals surface area contributed by atoms with E-state index in [1.54, 1.807) is 18.6 Å². The van der Waals surface area contributed by atoms with Gasteiger partial charge in [0.05, 0.1) is 18.4 Å². The summed E-state index contributed by atoms with van der Waals surface area (Å²) in [6.45, 7) is 4.66. The van der Waals surface area contributed by atoms with Gasteiger partial charge in [0.25, 0.3) is 5.91 Å². The summed E-state index contributed by atoms with van der Waals surface area (Å²) >= 11 is 0. The average molecular weight is 332 g/mol. The molecule has 132 valence electrons. The Morgan fingerprint density at radius 2 is 2.12 bits per heavy atom. The van der Waals surface area contributed by atoms with Crippen molar-refractivity contribution in [1.29, 1.82) is 0 Å². The van der Waals surface area contributed by atoms with Gasteiger partial charge in [-0.1, -0.05) is 0 Å². The number of ether oxygens (including phenoxy) is 1. The van der Waals surface area contributed by atoms with Gasteiger partial charge in [0.15, 0.2) is 0 Å². The smallest absolute Gasteiger partial charge is 0.257 e. The molecule has 3 fully saturated rings. The molecule has 1 saturated carbocycles. The molecule has 3 aliphatic rings. The van der Waals surface area contributed by atoms with E-state index in [9.17, 15) is 4.79 Å². The number of nitrogens with zero attached hydrogens (tertiary/aromatic N) is 2. The number of carbonyl (C=O) groups excluding carboxylic acids is 1. The Morgan fingerprint density at radius 1 is 1.33 bits per heavy atom. The Hall–Kier alpha value is -1.33. The predicted octanol–water partition coefficient (Wildman–Crippen LogP) is 2.63. The van der Waals surface area contributed by atoms with Crippen molar-refractivity contribution in [2.75, 3.05) is 39.9 Å². The van der Waals surface area contributed by atoms with Gasteiger partial charge < -0.3 is 19.0 Å². The van der Waals surface area contributed by atoms with Crippen molar-refractivity contribution in [3.05, 3.63) is 24.2 Å². The molecule has 24 heavy (non-hydrogen) atoms. The van der Waals surface area contributed by atoms with Gasteiger partial charge in [0.1, 0.15) is 6.26 Å². The Morgan fingerprint density at radius 3 is 2.79 bits per heavy atom. The molecule has 5 nitrogen and oxygen atoms in total. The number of hydrogen-bond acceptors (Lipinski definition) is 4. The van der Waals surface area contributed by atoms with E-state index >= 15 is 0 Å². The van der Waals surface area contributed by atoms with Gasteiger partial charge >= 0.3 is 0 Å². The molecule has 4 rings (SSSR count). The molecule has 3 heterocycles. The molecule has 1 aromatic rings. The van der Waals surface area contributed by atoms with Crippen LogP contribution in [0.15, 0.2) is 23.0 Å². The van der Waals surface area contributed by atoms with Crippen LogP contribution in [0, 0.1) is 11.3 Å². The molecule has 0 N–H and O–H groups in total. The van der Waals surface area contributed by atoms with Crippen LogP contribution in [0.3, 0.4) is 0 Å². The number of likely N-dealkylation sites (N-methyl/N-ethyl adjacent to an activating group) is 1. The first-order valence-electron chi connectivity index (χ1n) is 9.25. The number of amides is 1. The predicted molar refractivity (Wildman–Crippen MR) is 90.9 cm³/mol. The summed E-state index contributed by atoms with van der Waals surface area (Å²) in [4.78, 5) is 16.9. The lowest BCUT2D eigenvalue weighted by Crippen LogP contribution is -2.44. The minimum Gasteiger partial charge on any atom is -0.472 e. The number of likely N-dealkylation sites (tertiary alicyclic amines) is 2. The van der Waals surface area contributed by atoms with Gasteiger partial charge in [-0.25, -0.2) is 0 Å². The normalized spacial score (nSPS) is 27.0. The van der Waals surface area contributed by atoms with Crippen LogP contribution < -0.4 is 0 Å². The molecule has 1 aliphatic carbocycles. The average Bonchev–Trinajstić information content (AvgIpc) is 3.14. The minimum absolute atomic E-state index is 0.106. The largest absolute Gasteiger partial charge is 0.472 e. The van der Waals surface area contributed by atoms with E-state index in [1.807, 2.05) is 4.90 Å². The first kappa shape index (κ1) is 16.2. The van der Waals surface area contributed by atoms with Crippen molar-refractivity contribution in [3.8, 4) is 0 Å². The van der Waals surface area contributed by atoms with Crippen molar-refractivity contribution in [2.45, 2.75) is 38.1 Å². The second-order valence-corrected chi connectivity index (χ2v) is 8.06. The Bertz CT molecular complexity index is 559. The third-order valence-electron chi connectivity index (χ3n) is 6.12. The lowest BCUT2D eigenvalue weighted by molar-refractivity contribution is 0.0587. The van der Waals surface area contributed by atoms with Crippen molar-refractivity contribution >= 4 is 5.91 Å². The zero-order chi connectivity index (χ0) is 16.6. The standard InChI is InChI=1S/C19H28N2O3/c1-20-14-19(10-17(20)13-24-11-15-2-3-15)5-7-21(8-6-19)18(22)16-4-9-23-12-16/h4,9,12,15,17H,2-3,5-8,10-11,13-14H2,1H3/t17-/m0/s1. The Balaban J connectivity index is 1.29. The van der Waals surface area contributed by atoms with Crippen molar-refractivity contribution in [3.63, 3.8) is 0 Å². The number of piperidine rings is 1. The van der Waals surface area contributed by atoms with E-state index < -0.39 is 0 Å². The summed E-state index contributed by atoms with van der Waals surface area (Å²) in [5.74, 6) is 0.942. The summed E-state index contributed by atoms with van der Waals surface area (Å²) in [5.41, 5.74) is 1.04. The molecule has 0 unspecified atom stereocenters. The second-order valence-electron chi connectivity index (χ2n) is 8.06. The molecule has 1 spiro atoms. The Kier molecular flexibility index (Phi) is 4.39. The first-order valence-corrected chi connectivity index (χ1v) is 9.25. The lowest BCUT2D eigenvalue weighted by Gasteiger charge is -2.39. The van der Waals surface area contributed by atoms with Gasteiger partial charge in [-0.15, -0.1) is 0 Å². The molecule has 0 radical (unpaired) electrons. The zero-order valence-electron chi connectivity index (χ0n) is 14.6.